The molecule has 1 amide bonds. The van der Waals surface area contributed by atoms with Crippen molar-refractivity contribution in [1.29, 1.82) is 0 Å². The molecule has 192 valence electrons. The highest BCUT2D eigenvalue weighted by molar-refractivity contribution is 5.77. The van der Waals surface area contributed by atoms with Crippen molar-refractivity contribution in [2.75, 3.05) is 44.6 Å². The second-order valence-corrected chi connectivity index (χ2v) is 10.3. The Morgan fingerprint density at radius 3 is 2.67 bits per heavy atom. The van der Waals surface area contributed by atoms with E-state index < -0.39 is 5.60 Å². The van der Waals surface area contributed by atoms with Crippen LogP contribution in [0.25, 0.3) is 0 Å². The highest BCUT2D eigenvalue weighted by Gasteiger charge is 2.35. The molecule has 2 N–H and O–H groups in total. The maximum absolute atomic E-state index is 12.9. The maximum atomic E-state index is 12.9. The summed E-state index contributed by atoms with van der Waals surface area (Å²) in [6.45, 7) is 7.19. The molecule has 0 bridgehead atoms. The van der Waals surface area contributed by atoms with Gasteiger partial charge in [0.2, 0.25) is 5.91 Å². The molecule has 2 fully saturated rings. The Kier molecular flexibility index (Phi) is 8.44. The number of hydrogen-bond donors (Lipinski definition) is 2. The molecule has 8 heteroatoms. The zero-order chi connectivity index (χ0) is 25.5. The molecule has 1 aromatic heterocycles. The normalized spacial score (nSPS) is 20.6. The number of anilines is 1. The molecule has 0 spiro atoms. The first-order valence-corrected chi connectivity index (χ1v) is 12.9. The number of likely N-dealkylation sites (tertiary alicyclic amines) is 2. The van der Waals surface area contributed by atoms with E-state index in [4.69, 9.17) is 6.42 Å². The Labute approximate surface area is 213 Å². The van der Waals surface area contributed by atoms with E-state index in [9.17, 15) is 14.7 Å². The number of amides is 1. The highest BCUT2D eigenvalue weighted by Crippen LogP contribution is 2.26. The third-order valence-electron chi connectivity index (χ3n) is 7.42. The summed E-state index contributed by atoms with van der Waals surface area (Å²) in [6, 6.07) is 11.1. The van der Waals surface area contributed by atoms with E-state index in [1.807, 2.05) is 30.3 Å². The van der Waals surface area contributed by atoms with Gasteiger partial charge in [0.25, 0.3) is 5.56 Å². The molecule has 0 aliphatic carbocycles. The lowest BCUT2D eigenvalue weighted by atomic mass is 9.90. The van der Waals surface area contributed by atoms with Gasteiger partial charge >= 0.3 is 0 Å². The van der Waals surface area contributed by atoms with E-state index in [-0.39, 0.29) is 30.3 Å². The summed E-state index contributed by atoms with van der Waals surface area (Å²) < 4.78 is 1.45. The maximum Gasteiger partial charge on any atom is 0.255 e. The molecule has 2 aromatic rings. The Morgan fingerprint density at radius 2 is 2.03 bits per heavy atom. The number of rotatable bonds is 9. The van der Waals surface area contributed by atoms with Crippen LogP contribution in [0, 0.1) is 18.3 Å². The number of nitrogens with one attached hydrogen (secondary N) is 1. The molecule has 0 radical (unpaired) electrons. The highest BCUT2D eigenvalue weighted by atomic mass is 16.3. The smallest absolute Gasteiger partial charge is 0.255 e. The van der Waals surface area contributed by atoms with Gasteiger partial charge in [0.05, 0.1) is 24.4 Å². The average molecular weight is 492 g/mol. The van der Waals surface area contributed by atoms with Crippen molar-refractivity contribution < 1.29 is 9.90 Å². The van der Waals surface area contributed by atoms with E-state index in [2.05, 4.69) is 28.0 Å². The van der Waals surface area contributed by atoms with Crippen LogP contribution in [-0.4, -0.2) is 75.2 Å². The van der Waals surface area contributed by atoms with Crippen molar-refractivity contribution >= 4 is 11.7 Å². The molecule has 0 saturated carbocycles. The van der Waals surface area contributed by atoms with Crippen LogP contribution in [0.3, 0.4) is 0 Å². The summed E-state index contributed by atoms with van der Waals surface area (Å²) in [4.78, 5) is 34.1. The lowest BCUT2D eigenvalue weighted by Gasteiger charge is -2.38. The van der Waals surface area contributed by atoms with Crippen LogP contribution in [-0.2, 0) is 11.3 Å². The quantitative estimate of drug-likeness (QED) is 0.523. The van der Waals surface area contributed by atoms with Crippen molar-refractivity contribution in [1.82, 2.24) is 19.4 Å². The number of piperidine rings is 1. The molecule has 2 aliphatic rings. The summed E-state index contributed by atoms with van der Waals surface area (Å²) in [7, 11) is 0. The van der Waals surface area contributed by atoms with Crippen molar-refractivity contribution in [3.63, 3.8) is 0 Å². The third kappa shape index (κ3) is 6.74. The Balaban J connectivity index is 1.26. The average Bonchev–Trinajstić information content (AvgIpc) is 3.29. The lowest BCUT2D eigenvalue weighted by Crippen LogP contribution is -2.49. The summed E-state index contributed by atoms with van der Waals surface area (Å²) >= 11 is 0. The number of carbonyl (C=O) groups excluding carboxylic acids is 1. The number of nitrogens with zero attached hydrogens (tertiary/aromatic N) is 4. The topological polar surface area (TPSA) is 90.7 Å². The molecule has 2 saturated heterocycles. The zero-order valence-electron chi connectivity index (χ0n) is 21.1. The Bertz CT molecular complexity index is 1120. The van der Waals surface area contributed by atoms with Gasteiger partial charge in [-0.15, -0.1) is 6.42 Å². The van der Waals surface area contributed by atoms with Gasteiger partial charge in [0, 0.05) is 45.2 Å². The minimum atomic E-state index is -1.06. The molecule has 0 unspecified atom stereocenters. The van der Waals surface area contributed by atoms with Crippen LogP contribution in [0.5, 0.6) is 0 Å². The predicted octanol–water partition coefficient (Wildman–Crippen LogP) is 2.16. The van der Waals surface area contributed by atoms with Gasteiger partial charge in [-0.05, 0) is 37.3 Å². The molecule has 3 heterocycles. The van der Waals surface area contributed by atoms with Crippen LogP contribution in [0.2, 0.25) is 0 Å². The molecule has 8 nitrogen and oxygen atoms in total. The van der Waals surface area contributed by atoms with Crippen LogP contribution in [0.4, 0.5) is 5.82 Å². The van der Waals surface area contributed by atoms with Crippen molar-refractivity contribution in [2.45, 2.75) is 50.7 Å². The van der Waals surface area contributed by atoms with Crippen LogP contribution >= 0.6 is 0 Å². The second-order valence-electron chi connectivity index (χ2n) is 10.3. The third-order valence-corrected chi connectivity index (χ3v) is 7.42. The number of terminal acetylenes is 1. The summed E-state index contributed by atoms with van der Waals surface area (Å²) in [5, 5.41) is 14.4. The van der Waals surface area contributed by atoms with E-state index in [1.54, 1.807) is 4.90 Å². The van der Waals surface area contributed by atoms with Crippen LogP contribution < -0.4 is 10.9 Å². The van der Waals surface area contributed by atoms with Gasteiger partial charge in [0.1, 0.15) is 5.82 Å². The van der Waals surface area contributed by atoms with Gasteiger partial charge in [-0.1, -0.05) is 43.2 Å². The fourth-order valence-electron chi connectivity index (χ4n) is 5.12. The first-order chi connectivity index (χ1) is 17.3. The molecule has 1 aromatic carbocycles. The summed E-state index contributed by atoms with van der Waals surface area (Å²) in [6.07, 6.45) is 9.46. The molecule has 2 aliphatic heterocycles. The van der Waals surface area contributed by atoms with Crippen LogP contribution in [0.15, 0.2) is 47.5 Å². The van der Waals surface area contributed by atoms with E-state index in [0.717, 1.165) is 37.7 Å². The zero-order valence-corrected chi connectivity index (χ0v) is 21.1. The number of benzene rings is 1. The standard InChI is InChI=1S/C28H37N5O3/c1-3-23(24-7-5-4-6-8-24)17-26(34)32-14-10-28(36,11-15-32)20-33-21-30-25(18-27(33)35)29-12-16-31-13-9-22(2)19-31/h1,4-8,18,21-23,29,36H,9-17,19-20H2,2H3/t22-,23+/m0/s1. The van der Waals surface area contributed by atoms with E-state index in [0.29, 0.717) is 31.7 Å². The van der Waals surface area contributed by atoms with Gasteiger partial charge in [-0.25, -0.2) is 4.98 Å². The predicted molar refractivity (Wildman–Crippen MR) is 141 cm³/mol. The number of hydrogen-bond acceptors (Lipinski definition) is 6. The van der Waals surface area contributed by atoms with Gasteiger partial charge in [-0.3, -0.25) is 14.2 Å². The first-order valence-electron chi connectivity index (χ1n) is 12.9. The minimum Gasteiger partial charge on any atom is -0.388 e. The molecule has 2 atom stereocenters. The molecule has 36 heavy (non-hydrogen) atoms. The van der Waals surface area contributed by atoms with E-state index >= 15 is 0 Å². The van der Waals surface area contributed by atoms with Gasteiger partial charge in [0.15, 0.2) is 0 Å². The van der Waals surface area contributed by atoms with Gasteiger partial charge < -0.3 is 20.2 Å². The van der Waals surface area contributed by atoms with E-state index in [1.165, 1.54) is 23.4 Å². The summed E-state index contributed by atoms with van der Waals surface area (Å²) in [5.74, 6) is 3.75. The SMILES string of the molecule is C#C[C@H](CC(=O)N1CCC(O)(Cn2cnc(NCCN3CC[C@H](C)C3)cc2=O)CC1)c1ccccc1. The van der Waals surface area contributed by atoms with Crippen molar-refractivity contribution in [2.24, 2.45) is 5.92 Å². The number of carbonyl (C=O) groups is 1. The fraction of sp³-hybridized carbons (Fsp3) is 0.536. The minimum absolute atomic E-state index is 0.0125. The first kappa shape index (κ1) is 25.9. The van der Waals surface area contributed by atoms with Crippen molar-refractivity contribution in [3.05, 3.63) is 58.6 Å². The monoisotopic (exact) mass is 491 g/mol. The molecular formula is C28H37N5O3. The molecular weight excluding hydrogens is 454 g/mol. The second kappa shape index (κ2) is 11.7. The van der Waals surface area contributed by atoms with Crippen LogP contribution in [0.1, 0.15) is 44.1 Å². The van der Waals surface area contributed by atoms with Crippen molar-refractivity contribution in [3.8, 4) is 12.3 Å². The number of aliphatic hydroxyl groups is 1. The lowest BCUT2D eigenvalue weighted by molar-refractivity contribution is -0.136. The number of aromatic nitrogens is 2. The Morgan fingerprint density at radius 1 is 1.28 bits per heavy atom. The van der Waals surface area contributed by atoms with Gasteiger partial charge in [-0.2, -0.15) is 0 Å². The summed E-state index contributed by atoms with van der Waals surface area (Å²) in [5.41, 5.74) is -0.305. The Hall–Kier alpha value is -3.15. The largest absolute Gasteiger partial charge is 0.388 e. The fourth-order valence-corrected chi connectivity index (χ4v) is 5.12. The molecule has 4 rings (SSSR count).